The quantitative estimate of drug-likeness (QED) is 0.644. The number of nitrogens with zero attached hydrogens (tertiary/aromatic N) is 2. The highest BCUT2D eigenvalue weighted by molar-refractivity contribution is 7.09. The first-order valence-corrected chi connectivity index (χ1v) is 9.22. The molecule has 25 heavy (non-hydrogen) atoms. The van der Waals surface area contributed by atoms with E-state index >= 15 is 0 Å². The summed E-state index contributed by atoms with van der Waals surface area (Å²) in [5, 5.41) is 9.19. The zero-order chi connectivity index (χ0) is 17.5. The number of unbranched alkanes of at least 4 members (excludes halogenated alkanes) is 1. The van der Waals surface area contributed by atoms with Gasteiger partial charge in [-0.1, -0.05) is 25.5 Å². The average molecular weight is 355 g/mol. The summed E-state index contributed by atoms with van der Waals surface area (Å²) in [7, 11) is 0. The third kappa shape index (κ3) is 4.70. The molecule has 130 valence electrons. The van der Waals surface area contributed by atoms with Crippen LogP contribution in [0.25, 0.3) is 0 Å². The minimum Gasteiger partial charge on any atom is -0.488 e. The first-order valence-electron chi connectivity index (χ1n) is 8.34. The third-order valence-electron chi connectivity index (χ3n) is 3.74. The predicted molar refractivity (Wildman–Crippen MR) is 100 cm³/mol. The van der Waals surface area contributed by atoms with Gasteiger partial charge in [0.1, 0.15) is 18.2 Å². The first kappa shape index (κ1) is 17.2. The van der Waals surface area contributed by atoms with E-state index in [1.165, 1.54) is 0 Å². The highest BCUT2D eigenvalue weighted by Crippen LogP contribution is 2.18. The molecule has 2 heterocycles. The molecule has 0 unspecified atom stereocenters. The molecule has 0 aliphatic rings. The van der Waals surface area contributed by atoms with Gasteiger partial charge in [-0.3, -0.25) is 4.79 Å². The van der Waals surface area contributed by atoms with Crippen molar-refractivity contribution in [3.05, 3.63) is 64.5 Å². The summed E-state index contributed by atoms with van der Waals surface area (Å²) in [6, 6.07) is 13.1. The second-order valence-corrected chi connectivity index (χ2v) is 6.68. The molecular formula is C19H21N3O2S. The molecular weight excluding hydrogens is 334 g/mol. The van der Waals surface area contributed by atoms with Crippen LogP contribution < -0.4 is 10.1 Å². The standard InChI is InChI=1S/C19H21N3O2S/c1-2-3-11-22-18(9-10-20-22)21-19(23)15-6-4-7-16(13-15)24-14-17-8-5-12-25-17/h4-10,12-13H,2-3,11,14H2,1H3,(H,21,23). The summed E-state index contributed by atoms with van der Waals surface area (Å²) in [6.07, 6.45) is 3.80. The third-order valence-corrected chi connectivity index (χ3v) is 4.59. The first-order chi connectivity index (χ1) is 12.3. The molecule has 0 fully saturated rings. The number of hydrogen-bond acceptors (Lipinski definition) is 4. The molecule has 0 radical (unpaired) electrons. The highest BCUT2D eigenvalue weighted by atomic mass is 32.1. The largest absolute Gasteiger partial charge is 0.488 e. The molecule has 0 spiro atoms. The lowest BCUT2D eigenvalue weighted by Gasteiger charge is -2.10. The van der Waals surface area contributed by atoms with Crippen molar-refractivity contribution < 1.29 is 9.53 Å². The molecule has 1 N–H and O–H groups in total. The molecule has 5 nitrogen and oxygen atoms in total. The van der Waals surface area contributed by atoms with E-state index in [9.17, 15) is 4.79 Å². The fourth-order valence-electron chi connectivity index (χ4n) is 2.39. The molecule has 1 aromatic carbocycles. The van der Waals surface area contributed by atoms with Crippen LogP contribution in [-0.4, -0.2) is 15.7 Å². The summed E-state index contributed by atoms with van der Waals surface area (Å²) in [6.45, 7) is 3.43. The maximum Gasteiger partial charge on any atom is 0.256 e. The Kier molecular flexibility index (Phi) is 5.85. The van der Waals surface area contributed by atoms with Crippen LogP contribution in [0.1, 0.15) is 35.0 Å². The number of amides is 1. The molecule has 0 atom stereocenters. The molecule has 0 bridgehead atoms. The number of ether oxygens (including phenoxy) is 1. The molecule has 0 aliphatic heterocycles. The van der Waals surface area contributed by atoms with Gasteiger partial charge in [0, 0.05) is 23.1 Å². The van der Waals surface area contributed by atoms with Crippen LogP contribution >= 0.6 is 11.3 Å². The van der Waals surface area contributed by atoms with Crippen LogP contribution in [0.4, 0.5) is 5.82 Å². The van der Waals surface area contributed by atoms with Gasteiger partial charge in [0.2, 0.25) is 0 Å². The molecule has 0 aliphatic carbocycles. The van der Waals surface area contributed by atoms with Crippen molar-refractivity contribution >= 4 is 23.1 Å². The molecule has 0 saturated carbocycles. The summed E-state index contributed by atoms with van der Waals surface area (Å²) >= 11 is 1.65. The van der Waals surface area contributed by atoms with Gasteiger partial charge in [0.15, 0.2) is 0 Å². The second-order valence-electron chi connectivity index (χ2n) is 5.64. The number of benzene rings is 1. The molecule has 3 rings (SSSR count). The number of anilines is 1. The van der Waals surface area contributed by atoms with E-state index in [1.54, 1.807) is 29.7 Å². The molecule has 6 heteroatoms. The predicted octanol–water partition coefficient (Wildman–Crippen LogP) is 4.58. The Morgan fingerprint density at radius 2 is 2.20 bits per heavy atom. The van der Waals surface area contributed by atoms with Crippen molar-refractivity contribution in [2.75, 3.05) is 5.32 Å². The number of rotatable bonds is 8. The van der Waals surface area contributed by atoms with E-state index in [-0.39, 0.29) is 5.91 Å². The van der Waals surface area contributed by atoms with Gasteiger partial charge >= 0.3 is 0 Å². The number of aromatic nitrogens is 2. The van der Waals surface area contributed by atoms with E-state index in [0.29, 0.717) is 23.7 Å². The van der Waals surface area contributed by atoms with E-state index in [2.05, 4.69) is 17.3 Å². The van der Waals surface area contributed by atoms with Crippen molar-refractivity contribution in [2.24, 2.45) is 0 Å². The van der Waals surface area contributed by atoms with Gasteiger partial charge < -0.3 is 10.1 Å². The Hall–Kier alpha value is -2.60. The van der Waals surface area contributed by atoms with Crippen LogP contribution in [-0.2, 0) is 13.2 Å². The Labute approximate surface area is 151 Å². The van der Waals surface area contributed by atoms with Crippen molar-refractivity contribution in [1.82, 2.24) is 9.78 Å². The van der Waals surface area contributed by atoms with E-state index in [4.69, 9.17) is 4.74 Å². The van der Waals surface area contributed by atoms with Crippen molar-refractivity contribution in [1.29, 1.82) is 0 Å². The van der Waals surface area contributed by atoms with Crippen LogP contribution in [0, 0.1) is 0 Å². The highest BCUT2D eigenvalue weighted by Gasteiger charge is 2.10. The minimum atomic E-state index is -0.167. The zero-order valence-corrected chi connectivity index (χ0v) is 15.0. The monoisotopic (exact) mass is 355 g/mol. The lowest BCUT2D eigenvalue weighted by molar-refractivity contribution is 0.102. The van der Waals surface area contributed by atoms with Gasteiger partial charge in [0.25, 0.3) is 5.91 Å². The van der Waals surface area contributed by atoms with E-state index in [0.717, 1.165) is 24.3 Å². The lowest BCUT2D eigenvalue weighted by atomic mass is 10.2. The number of carbonyl (C=O) groups is 1. The van der Waals surface area contributed by atoms with Crippen molar-refractivity contribution in [3.63, 3.8) is 0 Å². The lowest BCUT2D eigenvalue weighted by Crippen LogP contribution is -2.16. The number of carbonyl (C=O) groups excluding carboxylic acids is 1. The summed E-state index contributed by atoms with van der Waals surface area (Å²) in [4.78, 5) is 13.7. The van der Waals surface area contributed by atoms with Crippen molar-refractivity contribution in [2.45, 2.75) is 32.9 Å². The topological polar surface area (TPSA) is 56.2 Å². The Balaban J connectivity index is 1.64. The average Bonchev–Trinajstić information content (AvgIpc) is 3.30. The van der Waals surface area contributed by atoms with Gasteiger partial charge in [-0.25, -0.2) is 4.68 Å². The maximum absolute atomic E-state index is 12.5. The Bertz CT molecular complexity index is 812. The molecule has 3 aromatic rings. The number of thiophene rings is 1. The molecule has 2 aromatic heterocycles. The van der Waals surface area contributed by atoms with Gasteiger partial charge in [-0.15, -0.1) is 11.3 Å². The minimum absolute atomic E-state index is 0.167. The number of hydrogen-bond donors (Lipinski definition) is 1. The maximum atomic E-state index is 12.5. The fourth-order valence-corrected chi connectivity index (χ4v) is 3.01. The van der Waals surface area contributed by atoms with Crippen LogP contribution in [0.15, 0.2) is 54.0 Å². The smallest absolute Gasteiger partial charge is 0.256 e. The zero-order valence-electron chi connectivity index (χ0n) is 14.1. The summed E-state index contributed by atoms with van der Waals surface area (Å²) in [5.74, 6) is 1.23. The van der Waals surface area contributed by atoms with Gasteiger partial charge in [-0.2, -0.15) is 5.10 Å². The molecule has 0 saturated heterocycles. The SMILES string of the molecule is CCCCn1nccc1NC(=O)c1cccc(OCc2cccs2)c1. The van der Waals surface area contributed by atoms with E-state index < -0.39 is 0 Å². The van der Waals surface area contributed by atoms with E-state index in [1.807, 2.05) is 40.4 Å². The fraction of sp³-hybridized carbons (Fsp3) is 0.263. The van der Waals surface area contributed by atoms with Gasteiger partial charge in [0.05, 0.1) is 6.20 Å². The van der Waals surface area contributed by atoms with Gasteiger partial charge in [-0.05, 0) is 36.1 Å². The number of nitrogens with one attached hydrogen (secondary N) is 1. The van der Waals surface area contributed by atoms with Crippen LogP contribution in [0.3, 0.4) is 0 Å². The molecule has 1 amide bonds. The summed E-state index contributed by atoms with van der Waals surface area (Å²) in [5.41, 5.74) is 0.562. The Morgan fingerprint density at radius 3 is 3.00 bits per heavy atom. The van der Waals surface area contributed by atoms with Crippen molar-refractivity contribution in [3.8, 4) is 5.75 Å². The Morgan fingerprint density at radius 1 is 1.28 bits per heavy atom. The van der Waals surface area contributed by atoms with Crippen LogP contribution in [0.5, 0.6) is 5.75 Å². The van der Waals surface area contributed by atoms with Crippen LogP contribution in [0.2, 0.25) is 0 Å². The number of aryl methyl sites for hydroxylation is 1. The second kappa shape index (κ2) is 8.48. The normalized spacial score (nSPS) is 10.6. The summed E-state index contributed by atoms with van der Waals surface area (Å²) < 4.78 is 7.58.